The van der Waals surface area contributed by atoms with Crippen LogP contribution in [-0.4, -0.2) is 38.0 Å². The Kier molecular flexibility index (Phi) is 8.74. The molecule has 0 aromatic heterocycles. The van der Waals surface area contributed by atoms with Crippen molar-refractivity contribution in [2.45, 2.75) is 78.5 Å². The van der Waals surface area contributed by atoms with Gasteiger partial charge in [-0.3, -0.25) is 0 Å². The van der Waals surface area contributed by atoms with E-state index < -0.39 is 0 Å². The van der Waals surface area contributed by atoms with Gasteiger partial charge in [0.25, 0.3) is 0 Å². The summed E-state index contributed by atoms with van der Waals surface area (Å²) >= 11 is 0. The first-order valence-electron chi connectivity index (χ1n) is 10.2. The van der Waals surface area contributed by atoms with Crippen molar-refractivity contribution in [1.82, 2.24) is 0 Å². The quantitative estimate of drug-likeness (QED) is 0.661. The highest BCUT2D eigenvalue weighted by Gasteiger charge is 2.43. The van der Waals surface area contributed by atoms with Crippen LogP contribution in [0.2, 0.25) is 0 Å². The Bertz CT molecular complexity index is 559. The Labute approximate surface area is 165 Å². The highest BCUT2D eigenvalue weighted by atomic mass is 16.8. The Morgan fingerprint density at radius 1 is 1.30 bits per heavy atom. The second kappa shape index (κ2) is 10.6. The lowest BCUT2D eigenvalue weighted by Crippen LogP contribution is -2.32. The second-order valence-electron chi connectivity index (χ2n) is 8.41. The zero-order chi connectivity index (χ0) is 20.0. The Hall–Kier alpha value is -0.940. The molecule has 2 rings (SSSR count). The molecule has 0 radical (unpaired) electrons. The van der Waals surface area contributed by atoms with Gasteiger partial charge in [-0.1, -0.05) is 36.3 Å². The van der Waals surface area contributed by atoms with Crippen molar-refractivity contribution in [3.63, 3.8) is 0 Å². The van der Waals surface area contributed by atoms with E-state index >= 15 is 0 Å². The van der Waals surface area contributed by atoms with E-state index in [1.54, 1.807) is 14.2 Å². The van der Waals surface area contributed by atoms with E-state index in [0.717, 1.165) is 37.7 Å². The van der Waals surface area contributed by atoms with Gasteiger partial charge in [0.1, 0.15) is 0 Å². The third-order valence-electron chi connectivity index (χ3n) is 6.01. The SMILES string of the molecule is COC1OC(OC)C2CC(C(C)CCC=C(C)C)C(O)CC(C)=CCC=C12. The fourth-order valence-electron chi connectivity index (χ4n) is 4.41. The molecule has 4 nitrogen and oxygen atoms in total. The molecule has 0 saturated carbocycles. The van der Waals surface area contributed by atoms with Gasteiger partial charge in [-0.05, 0) is 70.3 Å². The second-order valence-corrected chi connectivity index (χ2v) is 8.41. The standard InChI is InChI=1S/C23H38O4/c1-15(2)9-7-11-17(4)19-14-20-18(22(25-5)27-23(20)26-6)12-8-10-16(3)13-21(19)24/h9-10,12,17,19-24H,7-8,11,13-14H2,1-6H3. The summed E-state index contributed by atoms with van der Waals surface area (Å²) in [4.78, 5) is 0. The van der Waals surface area contributed by atoms with Crippen molar-refractivity contribution in [3.8, 4) is 0 Å². The van der Waals surface area contributed by atoms with Gasteiger partial charge in [0.15, 0.2) is 12.6 Å². The monoisotopic (exact) mass is 378 g/mol. The van der Waals surface area contributed by atoms with Gasteiger partial charge in [0, 0.05) is 20.1 Å². The molecular weight excluding hydrogens is 340 g/mol. The van der Waals surface area contributed by atoms with E-state index in [1.165, 1.54) is 11.1 Å². The van der Waals surface area contributed by atoms with Gasteiger partial charge in [-0.15, -0.1) is 0 Å². The molecule has 154 valence electrons. The molecular formula is C23H38O4. The van der Waals surface area contributed by atoms with Crippen LogP contribution in [0.3, 0.4) is 0 Å². The molecule has 27 heavy (non-hydrogen) atoms. The van der Waals surface area contributed by atoms with Crippen LogP contribution in [0, 0.1) is 17.8 Å². The van der Waals surface area contributed by atoms with Crippen LogP contribution < -0.4 is 0 Å². The zero-order valence-electron chi connectivity index (χ0n) is 17.9. The normalized spacial score (nSPS) is 32.9. The van der Waals surface area contributed by atoms with Gasteiger partial charge >= 0.3 is 0 Å². The van der Waals surface area contributed by atoms with Gasteiger partial charge in [0.2, 0.25) is 0 Å². The Morgan fingerprint density at radius 3 is 2.67 bits per heavy atom. The summed E-state index contributed by atoms with van der Waals surface area (Å²) in [5.41, 5.74) is 3.75. The molecule has 0 aromatic rings. The highest BCUT2D eigenvalue weighted by Crippen LogP contribution is 2.41. The molecule has 1 saturated heterocycles. The number of aliphatic hydroxyl groups is 1. The predicted molar refractivity (Wildman–Crippen MR) is 109 cm³/mol. The van der Waals surface area contributed by atoms with Crippen LogP contribution in [0.25, 0.3) is 0 Å². The summed E-state index contributed by atoms with van der Waals surface area (Å²) in [6, 6.07) is 0. The maximum absolute atomic E-state index is 11.1. The van der Waals surface area contributed by atoms with Crippen LogP contribution in [0.15, 0.2) is 34.9 Å². The summed E-state index contributed by atoms with van der Waals surface area (Å²) < 4.78 is 17.2. The molecule has 4 heteroatoms. The first-order chi connectivity index (χ1) is 12.9. The van der Waals surface area contributed by atoms with Crippen LogP contribution in [-0.2, 0) is 14.2 Å². The maximum atomic E-state index is 11.1. The molecule has 1 N–H and O–H groups in total. The zero-order valence-corrected chi connectivity index (χ0v) is 17.9. The molecule has 0 aromatic carbocycles. The molecule has 0 bridgehead atoms. The number of allylic oxidation sites excluding steroid dienone is 4. The van der Waals surface area contributed by atoms with Crippen LogP contribution in [0.5, 0.6) is 0 Å². The van der Waals surface area contributed by atoms with Crippen molar-refractivity contribution in [2.75, 3.05) is 14.2 Å². The average Bonchev–Trinajstić information content (AvgIpc) is 2.95. The molecule has 0 spiro atoms. The molecule has 1 heterocycles. The number of hydrogen-bond acceptors (Lipinski definition) is 4. The van der Waals surface area contributed by atoms with E-state index in [2.05, 4.69) is 45.9 Å². The fraction of sp³-hybridized carbons (Fsp3) is 0.739. The van der Waals surface area contributed by atoms with Crippen LogP contribution in [0.4, 0.5) is 0 Å². The van der Waals surface area contributed by atoms with Crippen LogP contribution >= 0.6 is 0 Å². The van der Waals surface area contributed by atoms with E-state index in [1.807, 2.05) is 0 Å². The number of hydrogen-bond donors (Lipinski definition) is 1. The first kappa shape index (κ1) is 22.4. The van der Waals surface area contributed by atoms with Crippen molar-refractivity contribution >= 4 is 0 Å². The fourth-order valence-corrected chi connectivity index (χ4v) is 4.41. The summed E-state index contributed by atoms with van der Waals surface area (Å²) in [5.74, 6) is 0.739. The Morgan fingerprint density at radius 2 is 2.04 bits per heavy atom. The van der Waals surface area contributed by atoms with Gasteiger partial charge in [-0.25, -0.2) is 0 Å². The molecule has 6 unspecified atom stereocenters. The summed E-state index contributed by atoms with van der Waals surface area (Å²) in [7, 11) is 3.36. The lowest BCUT2D eigenvalue weighted by molar-refractivity contribution is -0.191. The van der Waals surface area contributed by atoms with E-state index in [-0.39, 0.29) is 30.5 Å². The van der Waals surface area contributed by atoms with Crippen molar-refractivity contribution in [2.24, 2.45) is 17.8 Å². The molecule has 6 atom stereocenters. The van der Waals surface area contributed by atoms with Crippen molar-refractivity contribution in [3.05, 3.63) is 34.9 Å². The van der Waals surface area contributed by atoms with Crippen molar-refractivity contribution < 1.29 is 19.3 Å². The first-order valence-corrected chi connectivity index (χ1v) is 10.2. The van der Waals surface area contributed by atoms with E-state index in [9.17, 15) is 5.11 Å². The summed E-state index contributed by atoms with van der Waals surface area (Å²) in [6.45, 7) is 8.66. The van der Waals surface area contributed by atoms with Crippen molar-refractivity contribution in [1.29, 1.82) is 0 Å². The third-order valence-corrected chi connectivity index (χ3v) is 6.01. The number of aliphatic hydroxyl groups excluding tert-OH is 1. The Balaban J connectivity index is 2.27. The lowest BCUT2D eigenvalue weighted by atomic mass is 9.75. The lowest BCUT2D eigenvalue weighted by Gasteiger charge is -2.33. The van der Waals surface area contributed by atoms with Gasteiger partial charge < -0.3 is 19.3 Å². The third kappa shape index (κ3) is 6.02. The molecule has 2 aliphatic rings. The number of rotatable bonds is 6. The highest BCUT2D eigenvalue weighted by molar-refractivity contribution is 5.19. The number of methoxy groups -OCH3 is 2. The number of ether oxygens (including phenoxy) is 3. The van der Waals surface area contributed by atoms with Crippen LogP contribution in [0.1, 0.15) is 59.8 Å². The summed E-state index contributed by atoms with van der Waals surface area (Å²) in [6.07, 6.45) is 10.3. The van der Waals surface area contributed by atoms with Gasteiger partial charge in [0.05, 0.1) is 6.10 Å². The largest absolute Gasteiger partial charge is 0.392 e. The van der Waals surface area contributed by atoms with E-state index in [0.29, 0.717) is 5.92 Å². The van der Waals surface area contributed by atoms with Gasteiger partial charge in [-0.2, -0.15) is 0 Å². The molecule has 0 amide bonds. The smallest absolute Gasteiger partial charge is 0.182 e. The minimum Gasteiger partial charge on any atom is -0.392 e. The van der Waals surface area contributed by atoms with E-state index in [4.69, 9.17) is 14.2 Å². The minimum absolute atomic E-state index is 0.123. The topological polar surface area (TPSA) is 47.9 Å². The molecule has 1 aliphatic heterocycles. The molecule has 1 fully saturated rings. The molecule has 1 aliphatic carbocycles. The predicted octanol–water partition coefficient (Wildman–Crippen LogP) is 4.99. The number of fused-ring (bicyclic) bond motifs is 1. The maximum Gasteiger partial charge on any atom is 0.182 e. The average molecular weight is 379 g/mol. The summed E-state index contributed by atoms with van der Waals surface area (Å²) in [5, 5.41) is 11.1. The minimum atomic E-state index is -0.355.